The van der Waals surface area contributed by atoms with Gasteiger partial charge in [0.15, 0.2) is 11.6 Å². The first-order chi connectivity index (χ1) is 14.4. The first-order valence-electron chi connectivity index (χ1n) is 9.31. The van der Waals surface area contributed by atoms with E-state index in [0.29, 0.717) is 28.7 Å². The van der Waals surface area contributed by atoms with Gasteiger partial charge in [0, 0.05) is 12.0 Å². The van der Waals surface area contributed by atoms with Crippen LogP contribution in [0.1, 0.15) is 17.0 Å². The number of hydrogen-bond acceptors (Lipinski definition) is 4. The molecule has 0 fully saturated rings. The van der Waals surface area contributed by atoms with E-state index in [1.807, 2.05) is 49.4 Å². The summed E-state index contributed by atoms with van der Waals surface area (Å²) in [5.41, 5.74) is 2.46. The molecule has 7 heteroatoms. The van der Waals surface area contributed by atoms with E-state index >= 15 is 0 Å². The number of nitrogens with zero attached hydrogens (tertiary/aromatic N) is 1. The molecule has 30 heavy (non-hydrogen) atoms. The number of hydrogen-bond donors (Lipinski definition) is 1. The summed E-state index contributed by atoms with van der Waals surface area (Å²) in [5.74, 6) is 0.797. The van der Waals surface area contributed by atoms with Crippen LogP contribution < -0.4 is 4.72 Å². The summed E-state index contributed by atoms with van der Waals surface area (Å²) in [7, 11) is -3.84. The van der Waals surface area contributed by atoms with Crippen molar-refractivity contribution >= 4 is 27.4 Å². The second-order valence-corrected chi connectivity index (χ2v) is 8.89. The van der Waals surface area contributed by atoms with E-state index in [1.165, 1.54) is 12.1 Å². The van der Waals surface area contributed by atoms with Crippen LogP contribution in [-0.4, -0.2) is 13.4 Å². The molecule has 0 saturated heterocycles. The Morgan fingerprint density at radius 3 is 2.27 bits per heavy atom. The van der Waals surface area contributed by atoms with Gasteiger partial charge in [-0.05, 0) is 36.2 Å². The Morgan fingerprint density at radius 2 is 1.60 bits per heavy atom. The van der Waals surface area contributed by atoms with E-state index in [2.05, 4.69) is 9.71 Å². The van der Waals surface area contributed by atoms with E-state index in [1.54, 1.807) is 24.3 Å². The maximum Gasteiger partial charge on any atom is 0.263 e. The molecule has 0 bridgehead atoms. The quantitative estimate of drug-likeness (QED) is 0.419. The van der Waals surface area contributed by atoms with Gasteiger partial charge in [-0.25, -0.2) is 8.42 Å². The Bertz CT molecular complexity index is 1250. The zero-order chi connectivity index (χ0) is 21.1. The molecule has 152 valence electrons. The second-order valence-electron chi connectivity index (χ2n) is 6.80. The van der Waals surface area contributed by atoms with Crippen LogP contribution >= 0.6 is 11.6 Å². The predicted molar refractivity (Wildman–Crippen MR) is 118 cm³/mol. The topological polar surface area (TPSA) is 72.2 Å². The summed E-state index contributed by atoms with van der Waals surface area (Å²) in [4.78, 5) is 4.60. The lowest BCUT2D eigenvalue weighted by molar-refractivity contribution is 0.519. The third kappa shape index (κ3) is 4.25. The van der Waals surface area contributed by atoms with Crippen molar-refractivity contribution in [1.82, 2.24) is 4.98 Å². The van der Waals surface area contributed by atoms with Gasteiger partial charge < -0.3 is 4.42 Å². The minimum absolute atomic E-state index is 0.112. The number of halogens is 1. The Hall–Kier alpha value is -3.09. The molecular formula is C23H19ClN2O3S. The molecule has 0 amide bonds. The molecule has 1 N–H and O–H groups in total. The molecule has 3 aromatic carbocycles. The lowest BCUT2D eigenvalue weighted by atomic mass is 10.1. The van der Waals surface area contributed by atoms with Crippen LogP contribution in [-0.2, 0) is 16.4 Å². The minimum Gasteiger partial charge on any atom is -0.438 e. The van der Waals surface area contributed by atoms with Gasteiger partial charge in [-0.1, -0.05) is 72.3 Å². The lowest BCUT2D eigenvalue weighted by Crippen LogP contribution is -2.13. The lowest BCUT2D eigenvalue weighted by Gasteiger charge is -2.09. The third-order valence-corrected chi connectivity index (χ3v) is 6.27. The number of sulfonamides is 1. The number of nitrogens with one attached hydrogen (secondary N) is 1. The maximum atomic E-state index is 12.9. The highest BCUT2D eigenvalue weighted by atomic mass is 35.5. The Labute approximate surface area is 180 Å². The first kappa shape index (κ1) is 20.2. The number of anilines is 1. The van der Waals surface area contributed by atoms with Crippen molar-refractivity contribution in [3.05, 3.63) is 101 Å². The molecule has 5 nitrogen and oxygen atoms in total. The highest BCUT2D eigenvalue weighted by Crippen LogP contribution is 2.37. The molecule has 0 aliphatic rings. The molecule has 4 aromatic rings. The molecule has 1 aromatic heterocycles. The smallest absolute Gasteiger partial charge is 0.263 e. The van der Waals surface area contributed by atoms with E-state index in [9.17, 15) is 8.42 Å². The molecule has 0 spiro atoms. The maximum absolute atomic E-state index is 12.9. The average Bonchev–Trinajstić information content (AvgIpc) is 3.10. The molecular weight excluding hydrogens is 420 g/mol. The van der Waals surface area contributed by atoms with E-state index < -0.39 is 10.0 Å². The van der Waals surface area contributed by atoms with Crippen LogP contribution in [0.25, 0.3) is 11.3 Å². The van der Waals surface area contributed by atoms with Gasteiger partial charge in [0.2, 0.25) is 5.89 Å². The van der Waals surface area contributed by atoms with E-state index in [4.69, 9.17) is 16.0 Å². The van der Waals surface area contributed by atoms with Gasteiger partial charge in [-0.15, -0.1) is 0 Å². The average molecular weight is 439 g/mol. The van der Waals surface area contributed by atoms with Gasteiger partial charge in [0.1, 0.15) is 0 Å². The Morgan fingerprint density at radius 1 is 0.933 bits per heavy atom. The van der Waals surface area contributed by atoms with Crippen molar-refractivity contribution in [2.24, 2.45) is 0 Å². The fourth-order valence-corrected chi connectivity index (χ4v) is 4.49. The Kier molecular flexibility index (Phi) is 5.61. The van der Waals surface area contributed by atoms with Gasteiger partial charge in [-0.2, -0.15) is 4.98 Å². The van der Waals surface area contributed by atoms with E-state index in [0.717, 1.165) is 11.1 Å². The van der Waals surface area contributed by atoms with E-state index in [-0.39, 0.29) is 10.7 Å². The van der Waals surface area contributed by atoms with Crippen molar-refractivity contribution in [2.75, 3.05) is 4.72 Å². The summed E-state index contributed by atoms with van der Waals surface area (Å²) in [6.07, 6.45) is 0.421. The van der Waals surface area contributed by atoms with Crippen molar-refractivity contribution in [2.45, 2.75) is 18.2 Å². The van der Waals surface area contributed by atoms with Crippen molar-refractivity contribution in [3.8, 4) is 11.3 Å². The molecule has 0 radical (unpaired) electrons. The zero-order valence-corrected chi connectivity index (χ0v) is 17.7. The number of aryl methyl sites for hydroxylation is 1. The van der Waals surface area contributed by atoms with Crippen LogP contribution in [0, 0.1) is 6.92 Å². The van der Waals surface area contributed by atoms with Crippen LogP contribution in [0.3, 0.4) is 0 Å². The fraction of sp³-hybridized carbons (Fsp3) is 0.0870. The molecule has 0 unspecified atom stereocenters. The molecule has 4 rings (SSSR count). The zero-order valence-electron chi connectivity index (χ0n) is 16.2. The molecule has 0 saturated carbocycles. The summed E-state index contributed by atoms with van der Waals surface area (Å²) in [6.45, 7) is 1.88. The normalized spacial score (nSPS) is 11.4. The van der Waals surface area contributed by atoms with Crippen LogP contribution in [0.2, 0.25) is 5.02 Å². The van der Waals surface area contributed by atoms with Crippen LogP contribution in [0.15, 0.2) is 88.2 Å². The predicted octanol–water partition coefficient (Wildman–Crippen LogP) is 5.70. The highest BCUT2D eigenvalue weighted by Gasteiger charge is 2.24. The summed E-state index contributed by atoms with van der Waals surface area (Å²) in [5, 5.41) is 0.456. The first-order valence-corrected chi connectivity index (χ1v) is 11.2. The summed E-state index contributed by atoms with van der Waals surface area (Å²) < 4.78 is 34.4. The van der Waals surface area contributed by atoms with Crippen LogP contribution in [0.4, 0.5) is 5.82 Å². The van der Waals surface area contributed by atoms with Crippen molar-refractivity contribution < 1.29 is 12.8 Å². The minimum atomic E-state index is -3.84. The third-order valence-electron chi connectivity index (χ3n) is 4.60. The van der Waals surface area contributed by atoms with Crippen LogP contribution in [0.5, 0.6) is 0 Å². The molecule has 0 atom stereocenters. The largest absolute Gasteiger partial charge is 0.438 e. The summed E-state index contributed by atoms with van der Waals surface area (Å²) >= 11 is 6.43. The summed E-state index contributed by atoms with van der Waals surface area (Å²) in [6, 6.07) is 23.3. The molecule has 0 aliphatic carbocycles. The monoisotopic (exact) mass is 438 g/mol. The van der Waals surface area contributed by atoms with Gasteiger partial charge in [0.05, 0.1) is 9.92 Å². The van der Waals surface area contributed by atoms with Gasteiger partial charge in [-0.3, -0.25) is 4.72 Å². The highest BCUT2D eigenvalue weighted by molar-refractivity contribution is 7.92. The molecule has 1 heterocycles. The second kappa shape index (κ2) is 8.34. The van der Waals surface area contributed by atoms with Crippen molar-refractivity contribution in [1.29, 1.82) is 0 Å². The molecule has 0 aliphatic heterocycles. The number of aromatic nitrogens is 1. The number of rotatable bonds is 6. The standard InChI is InChI=1S/C23H19ClN2O3S/c1-16-9-8-14-19(24)21(16)22-23(26-30(27,28)18-12-6-3-7-13-18)25-20(29-22)15-17-10-4-2-5-11-17/h2-14,26H,15H2,1H3. The SMILES string of the molecule is Cc1cccc(Cl)c1-c1oc(Cc2ccccc2)nc1NS(=O)(=O)c1ccccc1. The fourth-order valence-electron chi connectivity index (χ4n) is 3.15. The van der Waals surface area contributed by atoms with Gasteiger partial charge in [0.25, 0.3) is 10.0 Å². The van der Waals surface area contributed by atoms with Crippen molar-refractivity contribution in [3.63, 3.8) is 0 Å². The number of oxazole rings is 1. The van der Waals surface area contributed by atoms with Gasteiger partial charge >= 0.3 is 0 Å². The Balaban J connectivity index is 1.80. The number of benzene rings is 3.